The van der Waals surface area contributed by atoms with Crippen molar-refractivity contribution in [1.82, 2.24) is 10.3 Å². The number of halogens is 1. The average Bonchev–Trinajstić information content (AvgIpc) is 3.33. The van der Waals surface area contributed by atoms with Crippen molar-refractivity contribution in [3.63, 3.8) is 0 Å². The van der Waals surface area contributed by atoms with Gasteiger partial charge in [0.15, 0.2) is 5.13 Å². The van der Waals surface area contributed by atoms with Crippen LogP contribution in [0, 0.1) is 5.82 Å². The maximum absolute atomic E-state index is 13.4. The average molecular weight is 415 g/mol. The van der Waals surface area contributed by atoms with Gasteiger partial charge in [-0.2, -0.15) is 0 Å². The summed E-state index contributed by atoms with van der Waals surface area (Å²) in [4.78, 5) is 17.5. The van der Waals surface area contributed by atoms with Gasteiger partial charge in [0.25, 0.3) is 5.91 Å². The topological polar surface area (TPSA) is 72.5 Å². The van der Waals surface area contributed by atoms with Crippen LogP contribution >= 0.6 is 11.3 Å². The van der Waals surface area contributed by atoms with E-state index in [0.717, 1.165) is 29.1 Å². The largest absolute Gasteiger partial charge is 0.496 e. The minimum Gasteiger partial charge on any atom is -0.496 e. The molecule has 6 nitrogen and oxygen atoms in total. The normalized spacial score (nSPS) is 18.6. The van der Waals surface area contributed by atoms with Crippen LogP contribution in [0.3, 0.4) is 0 Å². The zero-order valence-corrected chi connectivity index (χ0v) is 17.0. The second kappa shape index (κ2) is 8.24. The number of methoxy groups -OCH3 is 2. The van der Waals surface area contributed by atoms with E-state index >= 15 is 0 Å². The minimum atomic E-state index is -0.300. The van der Waals surface area contributed by atoms with Gasteiger partial charge in [-0.3, -0.25) is 4.79 Å². The predicted octanol–water partition coefficient (Wildman–Crippen LogP) is 4.22. The number of thiazole rings is 1. The minimum absolute atomic E-state index is 0.0464. The molecule has 2 aromatic carbocycles. The van der Waals surface area contributed by atoms with Crippen molar-refractivity contribution in [2.75, 3.05) is 19.5 Å². The fraction of sp³-hybridized carbons (Fsp3) is 0.333. The summed E-state index contributed by atoms with van der Waals surface area (Å²) < 4.78 is 25.0. The number of nitrogens with one attached hydrogen (secondary N) is 2. The molecule has 1 aliphatic carbocycles. The molecule has 1 amide bonds. The van der Waals surface area contributed by atoms with Crippen molar-refractivity contribution in [1.29, 1.82) is 0 Å². The number of amides is 1. The first-order valence-electron chi connectivity index (χ1n) is 9.43. The van der Waals surface area contributed by atoms with Crippen molar-refractivity contribution >= 4 is 32.6 Å². The molecule has 0 radical (unpaired) electrons. The van der Waals surface area contributed by atoms with E-state index in [9.17, 15) is 9.18 Å². The van der Waals surface area contributed by atoms with Crippen LogP contribution in [0.1, 0.15) is 29.6 Å². The van der Waals surface area contributed by atoms with Gasteiger partial charge < -0.3 is 20.1 Å². The van der Waals surface area contributed by atoms with E-state index in [4.69, 9.17) is 9.47 Å². The summed E-state index contributed by atoms with van der Waals surface area (Å²) in [5, 5.41) is 7.26. The Kier molecular flexibility index (Phi) is 5.53. The monoisotopic (exact) mass is 415 g/mol. The molecule has 0 saturated heterocycles. The third kappa shape index (κ3) is 3.98. The van der Waals surface area contributed by atoms with Crippen LogP contribution in [0.15, 0.2) is 36.4 Å². The van der Waals surface area contributed by atoms with Crippen molar-refractivity contribution in [2.24, 2.45) is 0 Å². The molecule has 1 heterocycles. The molecule has 152 valence electrons. The Morgan fingerprint density at radius 3 is 2.59 bits per heavy atom. The van der Waals surface area contributed by atoms with Crippen molar-refractivity contribution in [3.05, 3.63) is 47.8 Å². The first kappa shape index (κ1) is 19.4. The van der Waals surface area contributed by atoms with E-state index in [1.54, 1.807) is 24.3 Å². The number of fused-ring (bicyclic) bond motifs is 1. The highest BCUT2D eigenvalue weighted by molar-refractivity contribution is 7.22. The van der Waals surface area contributed by atoms with Gasteiger partial charge in [0, 0.05) is 18.2 Å². The highest BCUT2D eigenvalue weighted by Crippen LogP contribution is 2.32. The number of carbonyl (C=O) groups is 1. The van der Waals surface area contributed by atoms with Crippen LogP contribution in [0.4, 0.5) is 9.52 Å². The molecular weight excluding hydrogens is 393 g/mol. The third-order valence-electron chi connectivity index (χ3n) is 5.15. The van der Waals surface area contributed by atoms with Crippen molar-refractivity contribution < 1.29 is 18.7 Å². The molecule has 1 fully saturated rings. The van der Waals surface area contributed by atoms with Crippen LogP contribution in [-0.2, 0) is 0 Å². The lowest BCUT2D eigenvalue weighted by atomic mass is 10.1. The third-order valence-corrected chi connectivity index (χ3v) is 6.11. The number of anilines is 1. The van der Waals surface area contributed by atoms with E-state index in [1.165, 1.54) is 37.7 Å². The van der Waals surface area contributed by atoms with Gasteiger partial charge in [-0.1, -0.05) is 17.4 Å². The van der Waals surface area contributed by atoms with Gasteiger partial charge in [0.1, 0.15) is 22.9 Å². The first-order valence-corrected chi connectivity index (χ1v) is 10.2. The molecule has 3 aromatic rings. The number of benzene rings is 2. The number of aromatic nitrogens is 1. The number of rotatable bonds is 6. The zero-order valence-electron chi connectivity index (χ0n) is 16.2. The van der Waals surface area contributed by atoms with E-state index in [-0.39, 0.29) is 23.8 Å². The SMILES string of the molecule is COc1cccc(OC)c1C(=O)NC1CCC[C@@H]1Nc1nc2cc(F)ccc2s1. The van der Waals surface area contributed by atoms with Gasteiger partial charge in [-0.25, -0.2) is 9.37 Å². The molecule has 1 saturated carbocycles. The van der Waals surface area contributed by atoms with Gasteiger partial charge in [-0.05, 0) is 43.5 Å². The van der Waals surface area contributed by atoms with Gasteiger partial charge >= 0.3 is 0 Å². The first-order chi connectivity index (χ1) is 14.1. The summed E-state index contributed by atoms with van der Waals surface area (Å²) in [5.74, 6) is 0.408. The second-order valence-corrected chi connectivity index (χ2v) is 7.96. The highest BCUT2D eigenvalue weighted by atomic mass is 32.1. The summed E-state index contributed by atoms with van der Waals surface area (Å²) >= 11 is 1.48. The lowest BCUT2D eigenvalue weighted by molar-refractivity contribution is 0.0929. The maximum Gasteiger partial charge on any atom is 0.259 e. The number of nitrogens with zero attached hydrogens (tertiary/aromatic N) is 1. The Bertz CT molecular complexity index is 1020. The van der Waals surface area contributed by atoms with Crippen LogP contribution in [-0.4, -0.2) is 37.2 Å². The van der Waals surface area contributed by atoms with Crippen molar-refractivity contribution in [2.45, 2.75) is 31.3 Å². The Morgan fingerprint density at radius 1 is 1.14 bits per heavy atom. The standard InChI is InChI=1S/C21H22FN3O3S/c1-27-16-7-4-8-17(28-2)19(16)20(26)23-13-5-3-6-14(13)24-21-25-15-11-12(22)9-10-18(15)29-21/h4,7-11,13-14H,3,5-6H2,1-2H3,(H,23,26)(H,24,25)/t13?,14-/m0/s1. The Labute approximate surface area is 172 Å². The predicted molar refractivity (Wildman–Crippen MR) is 112 cm³/mol. The maximum atomic E-state index is 13.4. The Morgan fingerprint density at radius 2 is 1.86 bits per heavy atom. The highest BCUT2D eigenvalue weighted by Gasteiger charge is 2.31. The number of ether oxygens (including phenoxy) is 2. The molecule has 2 N–H and O–H groups in total. The van der Waals surface area contributed by atoms with Gasteiger partial charge in [-0.15, -0.1) is 0 Å². The second-order valence-electron chi connectivity index (χ2n) is 6.93. The fourth-order valence-corrected chi connectivity index (χ4v) is 4.65. The van der Waals surface area contributed by atoms with E-state index < -0.39 is 0 Å². The summed E-state index contributed by atoms with van der Waals surface area (Å²) in [6, 6.07) is 9.85. The molecule has 0 aliphatic heterocycles. The van der Waals surface area contributed by atoms with Crippen molar-refractivity contribution in [3.8, 4) is 11.5 Å². The molecule has 1 aromatic heterocycles. The van der Waals surface area contributed by atoms with Gasteiger partial charge in [0.2, 0.25) is 0 Å². The number of hydrogen-bond acceptors (Lipinski definition) is 6. The lowest BCUT2D eigenvalue weighted by Gasteiger charge is -2.23. The van der Waals surface area contributed by atoms with E-state index in [2.05, 4.69) is 15.6 Å². The molecule has 29 heavy (non-hydrogen) atoms. The van der Waals surface area contributed by atoms with Crippen LogP contribution < -0.4 is 20.1 Å². The molecule has 1 unspecified atom stereocenters. The zero-order chi connectivity index (χ0) is 20.4. The number of carbonyl (C=O) groups excluding carboxylic acids is 1. The number of hydrogen-bond donors (Lipinski definition) is 2. The van der Waals surface area contributed by atoms with Crippen LogP contribution in [0.25, 0.3) is 10.2 Å². The lowest BCUT2D eigenvalue weighted by Crippen LogP contribution is -2.43. The molecule has 8 heteroatoms. The molecule has 1 aliphatic rings. The Hall–Kier alpha value is -2.87. The summed E-state index contributed by atoms with van der Waals surface area (Å²) in [5.41, 5.74) is 1.02. The summed E-state index contributed by atoms with van der Waals surface area (Å²) in [7, 11) is 3.06. The molecular formula is C21H22FN3O3S. The molecule has 0 spiro atoms. The smallest absolute Gasteiger partial charge is 0.259 e. The summed E-state index contributed by atoms with van der Waals surface area (Å²) in [6.07, 6.45) is 2.77. The van der Waals surface area contributed by atoms with E-state index in [1.807, 2.05) is 0 Å². The van der Waals surface area contributed by atoms with Crippen LogP contribution in [0.2, 0.25) is 0 Å². The quantitative estimate of drug-likeness (QED) is 0.631. The molecule has 4 rings (SSSR count). The molecule has 2 atom stereocenters. The Balaban J connectivity index is 1.51. The van der Waals surface area contributed by atoms with Gasteiger partial charge in [0.05, 0.1) is 24.4 Å². The van der Waals surface area contributed by atoms with E-state index in [0.29, 0.717) is 22.6 Å². The summed E-state index contributed by atoms with van der Waals surface area (Å²) in [6.45, 7) is 0. The fourth-order valence-electron chi connectivity index (χ4n) is 3.74. The molecule has 0 bridgehead atoms. The van der Waals surface area contributed by atoms with Crippen LogP contribution in [0.5, 0.6) is 11.5 Å².